The lowest BCUT2D eigenvalue weighted by Gasteiger charge is -2.19. The number of hydrogen-bond donors (Lipinski definition) is 3. The van der Waals surface area contributed by atoms with E-state index in [0.29, 0.717) is 6.42 Å². The maximum atomic E-state index is 12.4. The molecule has 0 heterocycles. The summed E-state index contributed by atoms with van der Waals surface area (Å²) in [6.45, 7) is 4.17. The van der Waals surface area contributed by atoms with Gasteiger partial charge in [0.25, 0.3) is 0 Å². The highest BCUT2D eigenvalue weighted by atomic mass is 16.3. The van der Waals surface area contributed by atoms with Crippen molar-refractivity contribution in [1.29, 1.82) is 0 Å². The van der Waals surface area contributed by atoms with Crippen molar-refractivity contribution < 1.29 is 15.0 Å². The second-order valence-corrected chi connectivity index (χ2v) is 16.8. The maximum Gasteiger partial charge on any atom is 0.220 e. The smallest absolute Gasteiger partial charge is 0.220 e. The number of nitrogens with one attached hydrogen (secondary N) is 1. The molecule has 59 heavy (non-hydrogen) atoms. The van der Waals surface area contributed by atoms with Gasteiger partial charge in [-0.25, -0.2) is 0 Å². The van der Waals surface area contributed by atoms with Gasteiger partial charge in [-0.1, -0.05) is 234 Å². The number of carbonyl (C=O) groups excluding carboxylic acids is 1. The van der Waals surface area contributed by atoms with E-state index in [0.717, 1.165) is 83.5 Å². The van der Waals surface area contributed by atoms with Gasteiger partial charge in [0.05, 0.1) is 18.8 Å². The molecule has 0 aliphatic heterocycles. The van der Waals surface area contributed by atoms with Crippen LogP contribution in [0.4, 0.5) is 0 Å². The summed E-state index contributed by atoms with van der Waals surface area (Å²) in [7, 11) is 0. The fourth-order valence-corrected chi connectivity index (χ4v) is 7.26. The molecule has 0 aromatic heterocycles. The van der Waals surface area contributed by atoms with E-state index in [1.54, 1.807) is 6.08 Å². The Bertz CT molecular complexity index is 1070. The predicted molar refractivity (Wildman–Crippen MR) is 262 cm³/mol. The predicted octanol–water partition coefficient (Wildman–Crippen LogP) is 16.4. The van der Waals surface area contributed by atoms with E-state index in [1.165, 1.54) is 135 Å². The van der Waals surface area contributed by atoms with Gasteiger partial charge in [-0.15, -0.1) is 0 Å². The Kier molecular flexibility index (Phi) is 47.9. The third-order valence-electron chi connectivity index (χ3n) is 11.1. The topological polar surface area (TPSA) is 69.6 Å². The molecule has 340 valence electrons. The van der Waals surface area contributed by atoms with Gasteiger partial charge in [-0.3, -0.25) is 4.79 Å². The van der Waals surface area contributed by atoms with E-state index in [4.69, 9.17) is 0 Å². The normalized spacial score (nSPS) is 13.6. The molecule has 0 spiro atoms. The minimum Gasteiger partial charge on any atom is -0.394 e. The first kappa shape index (κ1) is 56.6. The van der Waals surface area contributed by atoms with Crippen molar-refractivity contribution in [3.05, 3.63) is 85.1 Å². The lowest BCUT2D eigenvalue weighted by molar-refractivity contribution is -0.123. The Labute approximate surface area is 367 Å². The van der Waals surface area contributed by atoms with E-state index in [-0.39, 0.29) is 12.5 Å². The fourth-order valence-electron chi connectivity index (χ4n) is 7.26. The molecule has 0 rings (SSSR count). The van der Waals surface area contributed by atoms with Gasteiger partial charge in [0.1, 0.15) is 0 Å². The van der Waals surface area contributed by atoms with E-state index >= 15 is 0 Å². The molecule has 3 N–H and O–H groups in total. The van der Waals surface area contributed by atoms with Gasteiger partial charge in [-0.2, -0.15) is 0 Å². The molecule has 0 radical (unpaired) electrons. The van der Waals surface area contributed by atoms with Crippen LogP contribution in [-0.4, -0.2) is 34.9 Å². The van der Waals surface area contributed by atoms with Gasteiger partial charge in [0, 0.05) is 6.42 Å². The van der Waals surface area contributed by atoms with Crippen LogP contribution in [0, 0.1) is 0 Å². The Balaban J connectivity index is 3.62. The van der Waals surface area contributed by atoms with Gasteiger partial charge < -0.3 is 15.5 Å². The second kappa shape index (κ2) is 49.9. The first-order chi connectivity index (χ1) is 29.2. The molecular weight excluding hydrogens is 723 g/mol. The van der Waals surface area contributed by atoms with Crippen LogP contribution in [0.5, 0.6) is 0 Å². The second-order valence-electron chi connectivity index (χ2n) is 16.8. The number of aliphatic hydroxyl groups excluding tert-OH is 2. The highest BCUT2D eigenvalue weighted by Gasteiger charge is 2.17. The summed E-state index contributed by atoms with van der Waals surface area (Å²) in [4.78, 5) is 12.4. The average Bonchev–Trinajstić information content (AvgIpc) is 3.24. The van der Waals surface area contributed by atoms with Crippen molar-refractivity contribution in [1.82, 2.24) is 5.32 Å². The van der Waals surface area contributed by atoms with Crippen LogP contribution >= 0.6 is 0 Å². The number of aliphatic hydroxyl groups is 2. The molecule has 2 unspecified atom stereocenters. The molecule has 0 saturated carbocycles. The number of unbranched alkanes of at least 4 members (excludes halogenated alkanes) is 26. The zero-order valence-corrected chi connectivity index (χ0v) is 39.0. The summed E-state index contributed by atoms with van der Waals surface area (Å²) in [6.07, 6.45) is 73.0. The molecule has 0 fully saturated rings. The van der Waals surface area contributed by atoms with Crippen molar-refractivity contribution >= 4 is 5.91 Å². The first-order valence-electron chi connectivity index (χ1n) is 25.3. The van der Waals surface area contributed by atoms with Crippen LogP contribution in [0.2, 0.25) is 0 Å². The Morgan fingerprint density at radius 2 is 0.763 bits per heavy atom. The fraction of sp³-hybridized carbons (Fsp3) is 0.727. The Morgan fingerprint density at radius 1 is 0.424 bits per heavy atom. The van der Waals surface area contributed by atoms with Crippen molar-refractivity contribution in [3.8, 4) is 0 Å². The Hall–Kier alpha value is -2.43. The zero-order valence-electron chi connectivity index (χ0n) is 39.0. The number of hydrogen-bond acceptors (Lipinski definition) is 3. The average molecular weight is 820 g/mol. The van der Waals surface area contributed by atoms with Crippen molar-refractivity contribution in [3.63, 3.8) is 0 Å². The zero-order chi connectivity index (χ0) is 42.8. The molecule has 0 aromatic rings. The lowest BCUT2D eigenvalue weighted by atomic mass is 10.0. The van der Waals surface area contributed by atoms with Crippen LogP contribution in [0.15, 0.2) is 85.1 Å². The van der Waals surface area contributed by atoms with E-state index in [1.807, 2.05) is 6.08 Å². The molecule has 1 amide bonds. The highest BCUT2D eigenvalue weighted by Crippen LogP contribution is 2.15. The molecule has 0 aliphatic rings. The maximum absolute atomic E-state index is 12.4. The monoisotopic (exact) mass is 820 g/mol. The summed E-state index contributed by atoms with van der Waals surface area (Å²) in [5, 5.41) is 23.0. The molecule has 0 bridgehead atoms. The summed E-state index contributed by atoms with van der Waals surface area (Å²) in [5.41, 5.74) is 0. The van der Waals surface area contributed by atoms with Crippen LogP contribution in [0.1, 0.15) is 239 Å². The highest BCUT2D eigenvalue weighted by molar-refractivity contribution is 5.76. The quantitative estimate of drug-likeness (QED) is 0.0423. The van der Waals surface area contributed by atoms with Crippen molar-refractivity contribution in [2.24, 2.45) is 0 Å². The van der Waals surface area contributed by atoms with E-state index in [2.05, 4.69) is 92.1 Å². The molecule has 2 atom stereocenters. The molecule has 4 nitrogen and oxygen atoms in total. The van der Waals surface area contributed by atoms with E-state index in [9.17, 15) is 15.0 Å². The van der Waals surface area contributed by atoms with Gasteiger partial charge in [-0.05, 0) is 83.5 Å². The van der Waals surface area contributed by atoms with E-state index < -0.39 is 12.1 Å². The van der Waals surface area contributed by atoms with Gasteiger partial charge >= 0.3 is 0 Å². The first-order valence-corrected chi connectivity index (χ1v) is 25.3. The van der Waals surface area contributed by atoms with Gasteiger partial charge in [0.2, 0.25) is 5.91 Å². The Morgan fingerprint density at radius 3 is 1.19 bits per heavy atom. The third-order valence-corrected chi connectivity index (χ3v) is 11.1. The van der Waals surface area contributed by atoms with Crippen molar-refractivity contribution in [2.75, 3.05) is 6.61 Å². The number of carbonyl (C=O) groups is 1. The third kappa shape index (κ3) is 46.5. The number of amides is 1. The molecule has 0 aromatic carbocycles. The SMILES string of the molecule is CC/C=C\C/C=C\C/C=C\C/C=C\CCCCCCC(=O)NC(CO)C(O)/C=C/CC/C=C/CC/C=C/CCCCCCCCCCCCCCCCCCCCCC. The summed E-state index contributed by atoms with van der Waals surface area (Å²) >= 11 is 0. The molecular formula is C55H97NO3. The summed E-state index contributed by atoms with van der Waals surface area (Å²) < 4.78 is 0. The van der Waals surface area contributed by atoms with Crippen LogP contribution in [0.25, 0.3) is 0 Å². The summed E-state index contributed by atoms with van der Waals surface area (Å²) in [5.74, 6) is -0.104. The van der Waals surface area contributed by atoms with Crippen LogP contribution in [0.3, 0.4) is 0 Å². The van der Waals surface area contributed by atoms with Crippen molar-refractivity contribution in [2.45, 2.75) is 251 Å². The van der Waals surface area contributed by atoms with Crippen LogP contribution < -0.4 is 5.32 Å². The number of allylic oxidation sites excluding steroid dienone is 13. The number of rotatable bonds is 45. The van der Waals surface area contributed by atoms with Gasteiger partial charge in [0.15, 0.2) is 0 Å². The lowest BCUT2D eigenvalue weighted by Crippen LogP contribution is -2.45. The standard InChI is InChI=1S/C55H97NO3/c1-3-5-7-9-11-13-15-17-19-21-22-23-24-25-26-27-28-29-30-31-32-33-35-36-38-40-42-44-46-48-50-54(58)53(52-57)56-55(59)51-49-47-45-43-41-39-37-34-20-18-16-14-12-10-8-6-4-2/h6,8,12,14,18,20,33,35,37,39-40,42,48,50,53-54,57-58H,3-5,7,9-11,13,15-17,19,21-32,34,36,38,41,43-47,49,51-52H2,1-2H3,(H,56,59)/b8-6-,14-12-,20-18-,35-33+,39-37-,42-40+,50-48+. The van der Waals surface area contributed by atoms with Crippen LogP contribution in [-0.2, 0) is 4.79 Å². The minimum absolute atomic E-state index is 0.104. The summed E-state index contributed by atoms with van der Waals surface area (Å²) in [6, 6.07) is -0.664. The largest absolute Gasteiger partial charge is 0.394 e. The molecule has 0 saturated heterocycles. The minimum atomic E-state index is -0.886. The molecule has 0 aliphatic carbocycles. The molecule has 4 heteroatoms.